The number of nitriles is 1. The van der Waals surface area contributed by atoms with Crippen LogP contribution in [0.2, 0.25) is 0 Å². The molecule has 0 amide bonds. The lowest BCUT2D eigenvalue weighted by Crippen LogP contribution is -2.39. The molecule has 1 fully saturated rings. The molecule has 96 valence electrons. The number of rotatable bonds is 4. The van der Waals surface area contributed by atoms with Crippen LogP contribution in [0.25, 0.3) is 0 Å². The van der Waals surface area contributed by atoms with Gasteiger partial charge in [0.25, 0.3) is 0 Å². The van der Waals surface area contributed by atoms with Gasteiger partial charge in [0, 0.05) is 6.54 Å². The molecule has 0 aromatic heterocycles. The van der Waals surface area contributed by atoms with E-state index in [2.05, 4.69) is 11.6 Å². The number of hydrogen-bond acceptors (Lipinski definition) is 3. The second kappa shape index (κ2) is 4.71. The van der Waals surface area contributed by atoms with Crippen molar-refractivity contribution in [3.8, 4) is 6.07 Å². The van der Waals surface area contributed by atoms with Crippen LogP contribution in [0, 0.1) is 16.7 Å². The normalized spacial score (nSPS) is 17.8. The van der Waals surface area contributed by atoms with Crippen molar-refractivity contribution in [3.05, 3.63) is 29.8 Å². The van der Waals surface area contributed by atoms with Crippen LogP contribution < -0.4 is 4.72 Å². The Balaban J connectivity index is 2.08. The summed E-state index contributed by atoms with van der Waals surface area (Å²) in [6.45, 7) is 2.58. The highest BCUT2D eigenvalue weighted by Crippen LogP contribution is 2.39. The van der Waals surface area contributed by atoms with E-state index in [-0.39, 0.29) is 10.3 Å². The van der Waals surface area contributed by atoms with E-state index in [1.54, 1.807) is 0 Å². The summed E-state index contributed by atoms with van der Waals surface area (Å²) in [5.74, 6) is 0. The SMILES string of the molecule is CC1(CNS(=O)(=O)c2ccc(C#N)cc2)CCC1. The van der Waals surface area contributed by atoms with Gasteiger partial charge in [0.1, 0.15) is 0 Å². The van der Waals surface area contributed by atoms with Crippen molar-refractivity contribution in [3.63, 3.8) is 0 Å². The Labute approximate surface area is 108 Å². The second-order valence-corrected chi connectivity index (χ2v) is 6.89. The second-order valence-electron chi connectivity index (χ2n) is 5.12. The molecule has 2 rings (SSSR count). The fraction of sp³-hybridized carbons (Fsp3) is 0.462. The highest BCUT2D eigenvalue weighted by molar-refractivity contribution is 7.89. The minimum Gasteiger partial charge on any atom is -0.211 e. The van der Waals surface area contributed by atoms with E-state index in [1.807, 2.05) is 6.07 Å². The third kappa shape index (κ3) is 2.71. The molecule has 0 heterocycles. The quantitative estimate of drug-likeness (QED) is 0.904. The van der Waals surface area contributed by atoms with E-state index < -0.39 is 10.0 Å². The number of nitrogens with zero attached hydrogens (tertiary/aromatic N) is 1. The van der Waals surface area contributed by atoms with Crippen molar-refractivity contribution in [1.29, 1.82) is 5.26 Å². The van der Waals surface area contributed by atoms with Crippen LogP contribution >= 0.6 is 0 Å². The third-order valence-electron chi connectivity index (χ3n) is 3.54. The summed E-state index contributed by atoms with van der Waals surface area (Å²) in [6, 6.07) is 7.92. The maximum Gasteiger partial charge on any atom is 0.240 e. The van der Waals surface area contributed by atoms with E-state index >= 15 is 0 Å². The van der Waals surface area contributed by atoms with Crippen molar-refractivity contribution in [1.82, 2.24) is 4.72 Å². The lowest BCUT2D eigenvalue weighted by atomic mass is 9.71. The predicted molar refractivity (Wildman–Crippen MR) is 68.3 cm³/mol. The standard InChI is InChI=1S/C13H16N2O2S/c1-13(7-2-8-13)10-15-18(16,17)12-5-3-11(9-14)4-6-12/h3-6,15H,2,7-8,10H2,1H3. The number of benzene rings is 1. The molecule has 0 radical (unpaired) electrons. The summed E-state index contributed by atoms with van der Waals surface area (Å²) in [5, 5.41) is 8.67. The zero-order valence-corrected chi connectivity index (χ0v) is 11.1. The molecule has 0 saturated heterocycles. The topological polar surface area (TPSA) is 70.0 Å². The number of nitrogens with one attached hydrogen (secondary N) is 1. The molecule has 1 N–H and O–H groups in total. The van der Waals surface area contributed by atoms with Gasteiger partial charge in [-0.3, -0.25) is 0 Å². The van der Waals surface area contributed by atoms with Crippen LogP contribution in [0.4, 0.5) is 0 Å². The fourth-order valence-electron chi connectivity index (χ4n) is 2.02. The van der Waals surface area contributed by atoms with Gasteiger partial charge in [-0.15, -0.1) is 0 Å². The van der Waals surface area contributed by atoms with Gasteiger partial charge in [0.05, 0.1) is 16.5 Å². The van der Waals surface area contributed by atoms with Crippen LogP contribution in [-0.4, -0.2) is 15.0 Å². The maximum absolute atomic E-state index is 12.0. The molecule has 0 spiro atoms. The predicted octanol–water partition coefficient (Wildman–Crippen LogP) is 2.03. The van der Waals surface area contributed by atoms with Gasteiger partial charge < -0.3 is 0 Å². The van der Waals surface area contributed by atoms with Crippen molar-refractivity contribution >= 4 is 10.0 Å². The minimum atomic E-state index is -3.45. The maximum atomic E-state index is 12.0. The summed E-state index contributed by atoms with van der Waals surface area (Å²) >= 11 is 0. The smallest absolute Gasteiger partial charge is 0.211 e. The summed E-state index contributed by atoms with van der Waals surface area (Å²) < 4.78 is 26.7. The Kier molecular flexibility index (Phi) is 3.42. The lowest BCUT2D eigenvalue weighted by Gasteiger charge is -2.38. The van der Waals surface area contributed by atoms with E-state index in [0.717, 1.165) is 12.8 Å². The molecule has 1 saturated carbocycles. The first kappa shape index (κ1) is 13.1. The largest absolute Gasteiger partial charge is 0.240 e. The molecule has 18 heavy (non-hydrogen) atoms. The molecule has 1 aromatic rings. The first-order chi connectivity index (χ1) is 8.45. The van der Waals surface area contributed by atoms with E-state index in [0.29, 0.717) is 12.1 Å². The van der Waals surface area contributed by atoms with Gasteiger partial charge >= 0.3 is 0 Å². The van der Waals surface area contributed by atoms with E-state index in [9.17, 15) is 8.42 Å². The first-order valence-corrected chi connectivity index (χ1v) is 7.43. The molecule has 0 aliphatic heterocycles. The summed E-state index contributed by atoms with van der Waals surface area (Å²) in [5.41, 5.74) is 0.569. The van der Waals surface area contributed by atoms with Gasteiger partial charge in [-0.1, -0.05) is 13.3 Å². The van der Waals surface area contributed by atoms with Crippen LogP contribution in [0.5, 0.6) is 0 Å². The molecule has 5 heteroatoms. The van der Waals surface area contributed by atoms with E-state index in [4.69, 9.17) is 5.26 Å². The Morgan fingerprint density at radius 2 is 1.94 bits per heavy atom. The van der Waals surface area contributed by atoms with Crippen LogP contribution in [0.3, 0.4) is 0 Å². The molecule has 0 atom stereocenters. The molecule has 1 aliphatic carbocycles. The lowest BCUT2D eigenvalue weighted by molar-refractivity contribution is 0.166. The summed E-state index contributed by atoms with van der Waals surface area (Å²) in [6.07, 6.45) is 3.32. The van der Waals surface area contributed by atoms with Gasteiger partial charge in [0.2, 0.25) is 10.0 Å². The fourth-order valence-corrected chi connectivity index (χ4v) is 3.22. The monoisotopic (exact) mass is 264 g/mol. The molecular weight excluding hydrogens is 248 g/mol. The minimum absolute atomic E-state index is 0.111. The van der Waals surface area contributed by atoms with Crippen molar-refractivity contribution in [2.75, 3.05) is 6.54 Å². The average Bonchev–Trinajstić information content (AvgIpc) is 2.34. The first-order valence-electron chi connectivity index (χ1n) is 5.95. The van der Waals surface area contributed by atoms with Crippen LogP contribution in [0.15, 0.2) is 29.2 Å². The molecular formula is C13H16N2O2S. The summed E-state index contributed by atoms with van der Waals surface area (Å²) in [7, 11) is -3.45. The average molecular weight is 264 g/mol. The van der Waals surface area contributed by atoms with Crippen molar-refractivity contribution in [2.24, 2.45) is 5.41 Å². The highest BCUT2D eigenvalue weighted by atomic mass is 32.2. The zero-order valence-electron chi connectivity index (χ0n) is 10.3. The van der Waals surface area contributed by atoms with Crippen LogP contribution in [0.1, 0.15) is 31.7 Å². The zero-order chi connectivity index (χ0) is 13.2. The Hall–Kier alpha value is -1.38. The Morgan fingerprint density at radius 1 is 1.33 bits per heavy atom. The molecule has 0 bridgehead atoms. The number of hydrogen-bond donors (Lipinski definition) is 1. The van der Waals surface area contributed by atoms with Gasteiger partial charge in [-0.25, -0.2) is 13.1 Å². The number of sulfonamides is 1. The molecule has 1 aliphatic rings. The van der Waals surface area contributed by atoms with Crippen molar-refractivity contribution in [2.45, 2.75) is 31.1 Å². The van der Waals surface area contributed by atoms with Gasteiger partial charge in [0.15, 0.2) is 0 Å². The van der Waals surface area contributed by atoms with E-state index in [1.165, 1.54) is 30.7 Å². The molecule has 1 aromatic carbocycles. The molecule has 0 unspecified atom stereocenters. The third-order valence-corrected chi connectivity index (χ3v) is 4.96. The van der Waals surface area contributed by atoms with Gasteiger partial charge in [-0.05, 0) is 42.5 Å². The van der Waals surface area contributed by atoms with Gasteiger partial charge in [-0.2, -0.15) is 5.26 Å². The molecule has 4 nitrogen and oxygen atoms in total. The van der Waals surface area contributed by atoms with Crippen molar-refractivity contribution < 1.29 is 8.42 Å². The summed E-state index contributed by atoms with van der Waals surface area (Å²) in [4.78, 5) is 0.212. The van der Waals surface area contributed by atoms with Crippen LogP contribution in [-0.2, 0) is 10.0 Å². The highest BCUT2D eigenvalue weighted by Gasteiger charge is 2.32. The Morgan fingerprint density at radius 3 is 2.39 bits per heavy atom. The Bertz CT molecular complexity index is 566.